The van der Waals surface area contributed by atoms with Gasteiger partial charge < -0.3 is 14.5 Å². The van der Waals surface area contributed by atoms with Gasteiger partial charge in [0.05, 0.1) is 6.61 Å². The molecule has 3 rings (SSSR count). The molecule has 0 bridgehead atoms. The SMILES string of the molecule is COCCNc1nc(-c2cc3ccccc3o2)ns1. The normalized spacial score (nSPS) is 11.0. The third kappa shape index (κ3) is 2.59. The lowest BCUT2D eigenvalue weighted by atomic mass is 10.2. The quantitative estimate of drug-likeness (QED) is 0.725. The monoisotopic (exact) mass is 275 g/mol. The molecule has 0 spiro atoms. The fraction of sp³-hybridized carbons (Fsp3) is 0.231. The minimum absolute atomic E-state index is 0.612. The minimum atomic E-state index is 0.612. The molecule has 0 amide bonds. The van der Waals surface area contributed by atoms with Crippen molar-refractivity contribution in [3.63, 3.8) is 0 Å². The zero-order chi connectivity index (χ0) is 13.1. The minimum Gasteiger partial charge on any atom is -0.453 e. The van der Waals surface area contributed by atoms with Crippen LogP contribution in [0.25, 0.3) is 22.6 Å². The Morgan fingerprint density at radius 2 is 2.26 bits per heavy atom. The lowest BCUT2D eigenvalue weighted by Gasteiger charge is -1.98. The zero-order valence-corrected chi connectivity index (χ0v) is 11.2. The van der Waals surface area contributed by atoms with Gasteiger partial charge in [-0.25, -0.2) is 0 Å². The molecule has 2 aromatic heterocycles. The largest absolute Gasteiger partial charge is 0.453 e. The van der Waals surface area contributed by atoms with Gasteiger partial charge in [0, 0.05) is 30.6 Å². The first-order valence-electron chi connectivity index (χ1n) is 5.92. The van der Waals surface area contributed by atoms with Crippen molar-refractivity contribution in [2.45, 2.75) is 0 Å². The molecular formula is C13H13N3O2S. The van der Waals surface area contributed by atoms with Gasteiger partial charge in [0.1, 0.15) is 5.58 Å². The number of anilines is 1. The lowest BCUT2D eigenvalue weighted by Crippen LogP contribution is -2.06. The van der Waals surface area contributed by atoms with E-state index in [1.807, 2.05) is 30.3 Å². The van der Waals surface area contributed by atoms with Crippen molar-refractivity contribution < 1.29 is 9.15 Å². The molecule has 0 atom stereocenters. The third-order valence-corrected chi connectivity index (χ3v) is 3.33. The molecule has 2 heterocycles. The van der Waals surface area contributed by atoms with Crippen LogP contribution in [0, 0.1) is 0 Å². The predicted octanol–water partition coefficient (Wildman–Crippen LogP) is 3.01. The predicted molar refractivity (Wildman–Crippen MR) is 75.5 cm³/mol. The molecule has 0 fully saturated rings. The van der Waals surface area contributed by atoms with Gasteiger partial charge in [0.25, 0.3) is 0 Å². The van der Waals surface area contributed by atoms with E-state index in [0.29, 0.717) is 24.7 Å². The number of rotatable bonds is 5. The Morgan fingerprint density at radius 3 is 3.11 bits per heavy atom. The van der Waals surface area contributed by atoms with Crippen LogP contribution in [-0.2, 0) is 4.74 Å². The van der Waals surface area contributed by atoms with Gasteiger partial charge in [-0.3, -0.25) is 0 Å². The summed E-state index contributed by atoms with van der Waals surface area (Å²) < 4.78 is 15.0. The molecule has 0 radical (unpaired) electrons. The van der Waals surface area contributed by atoms with Gasteiger partial charge in [-0.1, -0.05) is 18.2 Å². The van der Waals surface area contributed by atoms with Gasteiger partial charge in [0.2, 0.25) is 11.0 Å². The van der Waals surface area contributed by atoms with E-state index in [1.54, 1.807) is 7.11 Å². The van der Waals surface area contributed by atoms with Gasteiger partial charge in [0.15, 0.2) is 5.76 Å². The van der Waals surface area contributed by atoms with Crippen LogP contribution in [0.1, 0.15) is 0 Å². The third-order valence-electron chi connectivity index (χ3n) is 2.65. The molecule has 3 aromatic rings. The summed E-state index contributed by atoms with van der Waals surface area (Å²) in [4.78, 5) is 4.39. The highest BCUT2D eigenvalue weighted by molar-refractivity contribution is 7.09. The Hall–Kier alpha value is -1.92. The number of fused-ring (bicyclic) bond motifs is 1. The van der Waals surface area contributed by atoms with Crippen LogP contribution in [0.4, 0.5) is 5.13 Å². The van der Waals surface area contributed by atoms with E-state index >= 15 is 0 Å². The van der Waals surface area contributed by atoms with Crippen molar-refractivity contribution >= 4 is 27.6 Å². The van der Waals surface area contributed by atoms with Crippen LogP contribution in [0.15, 0.2) is 34.7 Å². The summed E-state index contributed by atoms with van der Waals surface area (Å²) in [6.07, 6.45) is 0. The molecular weight excluding hydrogens is 262 g/mol. The molecule has 0 aliphatic rings. The number of methoxy groups -OCH3 is 1. The summed E-state index contributed by atoms with van der Waals surface area (Å²) in [5.74, 6) is 1.30. The number of furan rings is 1. The van der Waals surface area contributed by atoms with Crippen LogP contribution in [0.5, 0.6) is 0 Å². The Balaban J connectivity index is 1.81. The summed E-state index contributed by atoms with van der Waals surface area (Å²) in [6, 6.07) is 9.82. The maximum absolute atomic E-state index is 5.72. The molecule has 6 heteroatoms. The average Bonchev–Trinajstić information content (AvgIpc) is 3.04. The van der Waals surface area contributed by atoms with Crippen LogP contribution < -0.4 is 5.32 Å². The van der Waals surface area contributed by atoms with Crippen LogP contribution in [-0.4, -0.2) is 29.6 Å². The molecule has 1 N–H and O–H groups in total. The summed E-state index contributed by atoms with van der Waals surface area (Å²) in [5, 5.41) is 4.98. The standard InChI is InChI=1S/C13H13N3O2S/c1-17-7-6-14-13-15-12(16-19-13)11-8-9-4-2-3-5-10(9)18-11/h2-5,8H,6-7H2,1H3,(H,14,15,16). The Morgan fingerprint density at radius 1 is 1.37 bits per heavy atom. The van der Waals surface area contributed by atoms with Gasteiger partial charge in [-0.05, 0) is 12.1 Å². The zero-order valence-electron chi connectivity index (χ0n) is 10.4. The highest BCUT2D eigenvalue weighted by Crippen LogP contribution is 2.27. The van der Waals surface area contributed by atoms with E-state index in [4.69, 9.17) is 9.15 Å². The number of para-hydroxylation sites is 1. The number of nitrogens with zero attached hydrogens (tertiary/aromatic N) is 2. The summed E-state index contributed by atoms with van der Waals surface area (Å²) in [5.41, 5.74) is 0.848. The first kappa shape index (κ1) is 12.1. The van der Waals surface area contributed by atoms with Crippen molar-refractivity contribution in [3.05, 3.63) is 30.3 Å². The molecule has 0 unspecified atom stereocenters. The maximum Gasteiger partial charge on any atom is 0.210 e. The van der Waals surface area contributed by atoms with Crippen molar-refractivity contribution in [2.24, 2.45) is 0 Å². The Kier molecular flexibility index (Phi) is 3.43. The fourth-order valence-corrected chi connectivity index (χ4v) is 2.35. The molecule has 5 nitrogen and oxygen atoms in total. The molecule has 0 aliphatic carbocycles. The van der Waals surface area contributed by atoms with Crippen molar-refractivity contribution in [1.82, 2.24) is 9.36 Å². The highest BCUT2D eigenvalue weighted by Gasteiger charge is 2.11. The molecule has 19 heavy (non-hydrogen) atoms. The molecule has 1 aromatic carbocycles. The summed E-state index contributed by atoms with van der Waals surface area (Å²) in [6.45, 7) is 1.35. The molecule has 0 saturated carbocycles. The second kappa shape index (κ2) is 5.38. The maximum atomic E-state index is 5.72. The number of hydrogen-bond acceptors (Lipinski definition) is 6. The number of aromatic nitrogens is 2. The van der Waals surface area contributed by atoms with Gasteiger partial charge in [-0.2, -0.15) is 9.36 Å². The Labute approximate surface area is 114 Å². The second-order valence-corrected chi connectivity index (χ2v) is 4.74. The fourth-order valence-electron chi connectivity index (χ4n) is 1.75. The van der Waals surface area contributed by atoms with Crippen LogP contribution in [0.3, 0.4) is 0 Å². The van der Waals surface area contributed by atoms with Crippen molar-refractivity contribution in [3.8, 4) is 11.6 Å². The molecule has 0 aliphatic heterocycles. The van der Waals surface area contributed by atoms with Crippen LogP contribution in [0.2, 0.25) is 0 Å². The van der Waals surface area contributed by atoms with E-state index < -0.39 is 0 Å². The van der Waals surface area contributed by atoms with E-state index in [2.05, 4.69) is 14.7 Å². The first-order chi connectivity index (χ1) is 9.36. The van der Waals surface area contributed by atoms with Gasteiger partial charge >= 0.3 is 0 Å². The van der Waals surface area contributed by atoms with E-state index in [1.165, 1.54) is 11.5 Å². The second-order valence-electron chi connectivity index (χ2n) is 3.99. The van der Waals surface area contributed by atoms with Crippen LogP contribution >= 0.6 is 11.5 Å². The smallest absolute Gasteiger partial charge is 0.210 e. The highest BCUT2D eigenvalue weighted by atomic mass is 32.1. The first-order valence-corrected chi connectivity index (χ1v) is 6.69. The number of nitrogens with one attached hydrogen (secondary N) is 1. The van der Waals surface area contributed by atoms with Gasteiger partial charge in [-0.15, -0.1) is 0 Å². The lowest BCUT2D eigenvalue weighted by molar-refractivity contribution is 0.211. The van der Waals surface area contributed by atoms with Crippen molar-refractivity contribution in [1.29, 1.82) is 0 Å². The van der Waals surface area contributed by atoms with E-state index in [9.17, 15) is 0 Å². The number of benzene rings is 1. The van der Waals surface area contributed by atoms with Crippen molar-refractivity contribution in [2.75, 3.05) is 25.6 Å². The summed E-state index contributed by atoms with van der Waals surface area (Å²) in [7, 11) is 1.67. The summed E-state index contributed by atoms with van der Waals surface area (Å²) >= 11 is 1.32. The van der Waals surface area contributed by atoms with E-state index in [-0.39, 0.29) is 0 Å². The van der Waals surface area contributed by atoms with E-state index in [0.717, 1.165) is 16.1 Å². The Bertz CT molecular complexity index is 644. The molecule has 0 saturated heterocycles. The number of ether oxygens (including phenoxy) is 1. The molecule has 98 valence electrons. The topological polar surface area (TPSA) is 60.2 Å². The number of hydrogen-bond donors (Lipinski definition) is 1. The average molecular weight is 275 g/mol.